The molecule has 0 N–H and O–H groups in total. The molecule has 1 aliphatic heterocycles. The van der Waals surface area contributed by atoms with Gasteiger partial charge in [-0.05, 0) is 28.8 Å². The van der Waals surface area contributed by atoms with E-state index in [1.807, 2.05) is 0 Å². The van der Waals surface area contributed by atoms with Crippen LogP contribution in [0.5, 0.6) is 6.01 Å². The number of piperidine rings is 1. The van der Waals surface area contributed by atoms with Gasteiger partial charge in [0.05, 0.1) is 11.1 Å². The molecule has 100 valence electrons. The van der Waals surface area contributed by atoms with E-state index >= 15 is 0 Å². The number of aromatic nitrogens is 2. The second-order valence-electron chi connectivity index (χ2n) is 4.34. The summed E-state index contributed by atoms with van der Waals surface area (Å²) in [7, 11) is 1.74. The van der Waals surface area contributed by atoms with Gasteiger partial charge in [-0.2, -0.15) is 0 Å². The van der Waals surface area contributed by atoms with Gasteiger partial charge in [-0.25, -0.2) is 9.97 Å². The number of hydrogen-bond acceptors (Lipinski definition) is 5. The summed E-state index contributed by atoms with van der Waals surface area (Å²) < 4.78 is 11.7. The van der Waals surface area contributed by atoms with E-state index < -0.39 is 0 Å². The van der Waals surface area contributed by atoms with E-state index in [0.717, 1.165) is 43.6 Å². The maximum Gasteiger partial charge on any atom is 0.316 e. The summed E-state index contributed by atoms with van der Waals surface area (Å²) in [4.78, 5) is 10.6. The topological polar surface area (TPSA) is 47.5 Å². The van der Waals surface area contributed by atoms with Crippen molar-refractivity contribution in [2.45, 2.75) is 18.9 Å². The molecule has 0 spiro atoms. The minimum absolute atomic E-state index is 0.227. The fourth-order valence-corrected chi connectivity index (χ4v) is 2.19. The van der Waals surface area contributed by atoms with E-state index in [1.54, 1.807) is 19.5 Å². The molecule has 0 aromatic carbocycles. The highest BCUT2D eigenvalue weighted by Gasteiger charge is 2.20. The second kappa shape index (κ2) is 7.01. The summed E-state index contributed by atoms with van der Waals surface area (Å²) >= 11 is 3.30. The van der Waals surface area contributed by atoms with Gasteiger partial charge in [0.1, 0.15) is 6.10 Å². The number of ether oxygens (including phenoxy) is 2. The molecule has 1 aromatic heterocycles. The predicted octanol–water partition coefficient (Wildman–Crippen LogP) is 1.73. The van der Waals surface area contributed by atoms with E-state index in [0.29, 0.717) is 6.01 Å². The number of likely N-dealkylation sites (tertiary alicyclic amines) is 1. The van der Waals surface area contributed by atoms with Gasteiger partial charge in [0, 0.05) is 39.1 Å². The molecule has 0 unspecified atom stereocenters. The zero-order valence-electron chi connectivity index (χ0n) is 10.5. The van der Waals surface area contributed by atoms with Crippen LogP contribution in [0, 0.1) is 0 Å². The van der Waals surface area contributed by atoms with Crippen LogP contribution in [0.25, 0.3) is 0 Å². The smallest absolute Gasteiger partial charge is 0.316 e. The molecule has 0 amide bonds. The zero-order valence-corrected chi connectivity index (χ0v) is 12.1. The maximum atomic E-state index is 5.76. The first-order valence-electron chi connectivity index (χ1n) is 6.13. The third kappa shape index (κ3) is 4.19. The summed E-state index contributed by atoms with van der Waals surface area (Å²) in [6.45, 7) is 3.88. The van der Waals surface area contributed by atoms with E-state index in [9.17, 15) is 0 Å². The molecule has 0 bridgehead atoms. The first kappa shape index (κ1) is 13.7. The number of hydrogen-bond donors (Lipinski definition) is 0. The number of nitrogens with zero attached hydrogens (tertiary/aromatic N) is 3. The second-order valence-corrected chi connectivity index (χ2v) is 5.25. The lowest BCUT2D eigenvalue weighted by atomic mass is 10.1. The molecule has 1 aromatic rings. The highest BCUT2D eigenvalue weighted by molar-refractivity contribution is 9.10. The van der Waals surface area contributed by atoms with Crippen LogP contribution in [0.15, 0.2) is 16.9 Å². The molecule has 0 atom stereocenters. The Morgan fingerprint density at radius 3 is 2.61 bits per heavy atom. The molecule has 0 saturated carbocycles. The molecular weight excluding hydrogens is 298 g/mol. The third-order valence-corrected chi connectivity index (χ3v) is 3.42. The minimum atomic E-state index is 0.227. The van der Waals surface area contributed by atoms with Crippen LogP contribution in [0.1, 0.15) is 12.8 Å². The first-order chi connectivity index (χ1) is 8.78. The fourth-order valence-electron chi connectivity index (χ4n) is 1.98. The van der Waals surface area contributed by atoms with Crippen LogP contribution in [-0.4, -0.2) is 54.3 Å². The average Bonchev–Trinajstić information content (AvgIpc) is 2.41. The van der Waals surface area contributed by atoms with Crippen LogP contribution >= 0.6 is 15.9 Å². The summed E-state index contributed by atoms with van der Waals surface area (Å²) in [6, 6.07) is 0.466. The van der Waals surface area contributed by atoms with E-state index in [-0.39, 0.29) is 6.10 Å². The van der Waals surface area contributed by atoms with Crippen molar-refractivity contribution >= 4 is 15.9 Å². The van der Waals surface area contributed by atoms with Crippen molar-refractivity contribution in [1.82, 2.24) is 14.9 Å². The summed E-state index contributed by atoms with van der Waals surface area (Å²) in [5.74, 6) is 0. The molecule has 1 saturated heterocycles. The fraction of sp³-hybridized carbons (Fsp3) is 0.667. The van der Waals surface area contributed by atoms with Crippen molar-refractivity contribution in [3.63, 3.8) is 0 Å². The van der Waals surface area contributed by atoms with Crippen molar-refractivity contribution in [2.24, 2.45) is 0 Å². The van der Waals surface area contributed by atoms with Gasteiger partial charge in [-0.15, -0.1) is 0 Å². The Labute approximate surface area is 116 Å². The Morgan fingerprint density at radius 1 is 1.33 bits per heavy atom. The predicted molar refractivity (Wildman–Crippen MR) is 71.7 cm³/mol. The highest BCUT2D eigenvalue weighted by atomic mass is 79.9. The van der Waals surface area contributed by atoms with Crippen LogP contribution in [0.4, 0.5) is 0 Å². The molecule has 0 radical (unpaired) electrons. The zero-order chi connectivity index (χ0) is 12.8. The Bertz CT molecular complexity index is 353. The molecule has 6 heteroatoms. The number of methoxy groups -OCH3 is 1. The van der Waals surface area contributed by atoms with Gasteiger partial charge in [0.25, 0.3) is 0 Å². The van der Waals surface area contributed by atoms with Crippen molar-refractivity contribution in [1.29, 1.82) is 0 Å². The van der Waals surface area contributed by atoms with Crippen LogP contribution < -0.4 is 4.74 Å². The molecule has 2 heterocycles. The molecule has 1 fully saturated rings. The summed E-state index contributed by atoms with van der Waals surface area (Å²) in [5, 5.41) is 0. The van der Waals surface area contributed by atoms with Gasteiger partial charge in [-0.1, -0.05) is 0 Å². The van der Waals surface area contributed by atoms with Gasteiger partial charge in [0.15, 0.2) is 0 Å². The normalized spacial score (nSPS) is 17.9. The third-order valence-electron chi connectivity index (χ3n) is 3.01. The van der Waals surface area contributed by atoms with Gasteiger partial charge < -0.3 is 14.4 Å². The van der Waals surface area contributed by atoms with Gasteiger partial charge in [-0.3, -0.25) is 0 Å². The minimum Gasteiger partial charge on any atom is -0.460 e. The number of halogens is 1. The largest absolute Gasteiger partial charge is 0.460 e. The lowest BCUT2D eigenvalue weighted by Gasteiger charge is -2.31. The summed E-state index contributed by atoms with van der Waals surface area (Å²) in [5.41, 5.74) is 0. The van der Waals surface area contributed by atoms with Crippen molar-refractivity contribution in [2.75, 3.05) is 33.4 Å². The Hall–Kier alpha value is -0.720. The van der Waals surface area contributed by atoms with Crippen LogP contribution in [0.3, 0.4) is 0 Å². The van der Waals surface area contributed by atoms with Crippen LogP contribution in [-0.2, 0) is 4.74 Å². The standard InChI is InChI=1S/C12H18BrN3O2/c1-17-7-6-16-4-2-11(3-5-16)18-12-14-8-10(13)9-15-12/h8-9,11H,2-7H2,1H3. The van der Waals surface area contributed by atoms with Crippen LogP contribution in [0.2, 0.25) is 0 Å². The molecular formula is C12H18BrN3O2. The molecule has 2 rings (SSSR count). The molecule has 0 aliphatic carbocycles. The molecule has 18 heavy (non-hydrogen) atoms. The van der Waals surface area contributed by atoms with E-state index in [1.165, 1.54) is 0 Å². The lowest BCUT2D eigenvalue weighted by molar-refractivity contribution is 0.0745. The number of rotatable bonds is 5. The lowest BCUT2D eigenvalue weighted by Crippen LogP contribution is -2.39. The molecule has 5 nitrogen and oxygen atoms in total. The van der Waals surface area contributed by atoms with Gasteiger partial charge >= 0.3 is 6.01 Å². The average molecular weight is 316 g/mol. The van der Waals surface area contributed by atoms with Crippen molar-refractivity contribution in [3.05, 3.63) is 16.9 Å². The first-order valence-corrected chi connectivity index (χ1v) is 6.92. The van der Waals surface area contributed by atoms with Crippen molar-refractivity contribution in [3.8, 4) is 6.01 Å². The Balaban J connectivity index is 1.74. The van der Waals surface area contributed by atoms with Gasteiger partial charge in [0.2, 0.25) is 0 Å². The monoisotopic (exact) mass is 315 g/mol. The Kier molecular flexibility index (Phi) is 5.34. The van der Waals surface area contributed by atoms with E-state index in [2.05, 4.69) is 30.8 Å². The Morgan fingerprint density at radius 2 is 2.00 bits per heavy atom. The highest BCUT2D eigenvalue weighted by Crippen LogP contribution is 2.16. The quantitative estimate of drug-likeness (QED) is 0.828. The SMILES string of the molecule is COCCN1CCC(Oc2ncc(Br)cn2)CC1. The summed E-state index contributed by atoms with van der Waals surface area (Å²) in [6.07, 6.45) is 5.67. The van der Waals surface area contributed by atoms with Crippen molar-refractivity contribution < 1.29 is 9.47 Å². The maximum absolute atomic E-state index is 5.76. The van der Waals surface area contributed by atoms with E-state index in [4.69, 9.17) is 9.47 Å². The molecule has 1 aliphatic rings.